The van der Waals surface area contributed by atoms with E-state index < -0.39 is 18.0 Å². The summed E-state index contributed by atoms with van der Waals surface area (Å²) < 4.78 is 24.2. The zero-order chi connectivity index (χ0) is 26.5. The molecule has 1 atom stereocenters. The molecule has 0 saturated carbocycles. The van der Waals surface area contributed by atoms with Crippen molar-refractivity contribution in [3.8, 4) is 28.4 Å². The Kier molecular flexibility index (Phi) is 7.31. The quantitative estimate of drug-likeness (QED) is 0.328. The van der Waals surface area contributed by atoms with Crippen LogP contribution in [0.15, 0.2) is 85.1 Å². The van der Waals surface area contributed by atoms with Crippen molar-refractivity contribution in [1.29, 1.82) is 0 Å². The first-order valence-corrected chi connectivity index (χ1v) is 12.3. The lowest BCUT2D eigenvalue weighted by atomic mass is 10.1. The van der Waals surface area contributed by atoms with Crippen LogP contribution in [0.3, 0.4) is 0 Å². The Morgan fingerprint density at radius 3 is 2.39 bits per heavy atom. The Morgan fingerprint density at radius 2 is 1.68 bits per heavy atom. The molecule has 3 aromatic carbocycles. The molecule has 8 nitrogen and oxygen atoms in total. The molecule has 1 aliphatic heterocycles. The molecule has 194 valence electrons. The van der Waals surface area contributed by atoms with E-state index in [9.17, 15) is 9.59 Å². The van der Waals surface area contributed by atoms with Crippen molar-refractivity contribution in [2.75, 3.05) is 25.6 Å². The summed E-state index contributed by atoms with van der Waals surface area (Å²) in [5.41, 5.74) is 3.04. The number of carbonyl (C=O) groups is 2. The number of carbonyl (C=O) groups excluding carboxylic acids is 2. The minimum Gasteiger partial charge on any atom is -0.497 e. The first-order valence-electron chi connectivity index (χ1n) is 12.3. The second kappa shape index (κ2) is 11.1. The number of para-hydroxylation sites is 2. The van der Waals surface area contributed by atoms with Gasteiger partial charge in [-0.2, -0.15) is 0 Å². The molecule has 1 aromatic heterocycles. The smallest absolute Gasteiger partial charge is 0.357 e. The Hall–Kier alpha value is -4.72. The maximum absolute atomic E-state index is 13.5. The molecule has 2 heterocycles. The first kappa shape index (κ1) is 25.0. The van der Waals surface area contributed by atoms with Crippen molar-refractivity contribution < 1.29 is 28.5 Å². The van der Waals surface area contributed by atoms with Crippen LogP contribution in [0.4, 0.5) is 5.69 Å². The Balaban J connectivity index is 1.56. The summed E-state index contributed by atoms with van der Waals surface area (Å²) in [4.78, 5) is 26.7. The average molecular weight is 513 g/mol. The third kappa shape index (κ3) is 5.20. The number of fused-ring (bicyclic) bond motifs is 1. The molecule has 0 unspecified atom stereocenters. The number of methoxy groups -OCH3 is 1. The number of ether oxygens (including phenoxy) is 4. The van der Waals surface area contributed by atoms with Crippen molar-refractivity contribution in [2.24, 2.45) is 0 Å². The largest absolute Gasteiger partial charge is 0.497 e. The molecule has 8 heteroatoms. The number of anilines is 1. The lowest BCUT2D eigenvalue weighted by Crippen LogP contribution is -2.40. The third-order valence-corrected chi connectivity index (χ3v) is 6.19. The maximum atomic E-state index is 13.5. The molecular formula is C30H28N2O6. The van der Waals surface area contributed by atoms with Gasteiger partial charge in [0.2, 0.25) is 6.10 Å². The highest BCUT2D eigenvalue weighted by Gasteiger charge is 2.31. The van der Waals surface area contributed by atoms with Crippen molar-refractivity contribution in [2.45, 2.75) is 19.6 Å². The fourth-order valence-corrected chi connectivity index (χ4v) is 4.35. The number of hydrogen-bond donors (Lipinski definition) is 1. The van der Waals surface area contributed by atoms with Gasteiger partial charge in [0.25, 0.3) is 5.91 Å². The third-order valence-electron chi connectivity index (χ3n) is 6.19. The number of aromatic nitrogens is 1. The SMILES string of the molecule is CCOC(=O)c1c(NC(=O)[C@@H]2COc3ccccc3O2)c(-c2ccc(OC)cc2)cn1Cc1ccccc1. The van der Waals surface area contributed by atoms with Gasteiger partial charge in [0.05, 0.1) is 19.4 Å². The summed E-state index contributed by atoms with van der Waals surface area (Å²) >= 11 is 0. The molecule has 38 heavy (non-hydrogen) atoms. The lowest BCUT2D eigenvalue weighted by Gasteiger charge is -2.25. The summed E-state index contributed by atoms with van der Waals surface area (Å²) in [5, 5.41) is 2.96. The van der Waals surface area contributed by atoms with Crippen molar-refractivity contribution in [3.05, 3.63) is 96.3 Å². The number of rotatable bonds is 8. The predicted molar refractivity (Wildman–Crippen MR) is 143 cm³/mol. The van der Waals surface area contributed by atoms with E-state index in [1.54, 1.807) is 30.7 Å². The number of nitrogens with zero attached hydrogens (tertiary/aromatic N) is 1. The van der Waals surface area contributed by atoms with Crippen LogP contribution in [0.25, 0.3) is 11.1 Å². The molecule has 1 amide bonds. The van der Waals surface area contributed by atoms with E-state index in [1.807, 2.05) is 72.9 Å². The van der Waals surface area contributed by atoms with Crippen molar-refractivity contribution in [1.82, 2.24) is 4.57 Å². The molecular weight excluding hydrogens is 484 g/mol. The van der Waals surface area contributed by atoms with Gasteiger partial charge in [-0.05, 0) is 42.3 Å². The predicted octanol–water partition coefficient (Wildman–Crippen LogP) is 5.17. The molecule has 1 aliphatic rings. The number of amides is 1. The summed E-state index contributed by atoms with van der Waals surface area (Å²) in [7, 11) is 1.60. The van der Waals surface area contributed by atoms with Gasteiger partial charge in [-0.1, -0.05) is 54.6 Å². The fourth-order valence-electron chi connectivity index (χ4n) is 4.35. The second-order valence-corrected chi connectivity index (χ2v) is 8.68. The number of nitrogens with one attached hydrogen (secondary N) is 1. The summed E-state index contributed by atoms with van der Waals surface area (Å²) in [6.45, 7) is 2.39. The van der Waals surface area contributed by atoms with E-state index in [0.717, 1.165) is 11.1 Å². The van der Waals surface area contributed by atoms with E-state index in [1.165, 1.54) is 0 Å². The van der Waals surface area contributed by atoms with Gasteiger partial charge >= 0.3 is 5.97 Å². The molecule has 5 rings (SSSR count). The number of esters is 1. The normalized spacial score (nSPS) is 14.0. The van der Waals surface area contributed by atoms with Gasteiger partial charge in [-0.15, -0.1) is 0 Å². The summed E-state index contributed by atoms with van der Waals surface area (Å²) in [5.74, 6) is 0.792. The monoisotopic (exact) mass is 512 g/mol. The standard InChI is InChI=1S/C30H28N2O6/c1-3-36-30(34)28-27(31-29(33)26-19-37-24-11-7-8-12-25(24)38-26)23(21-13-15-22(35-2)16-14-21)18-32(28)17-20-9-5-4-6-10-20/h4-16,18,26H,3,17,19H2,1-2H3,(H,31,33)/t26-/m0/s1. The van der Waals surface area contributed by atoms with Crippen LogP contribution in [0.5, 0.6) is 17.2 Å². The minimum atomic E-state index is -0.902. The number of benzene rings is 3. The van der Waals surface area contributed by atoms with Gasteiger partial charge in [0, 0.05) is 18.3 Å². The van der Waals surface area contributed by atoms with Gasteiger partial charge in [0.15, 0.2) is 17.2 Å². The van der Waals surface area contributed by atoms with E-state index in [0.29, 0.717) is 35.0 Å². The molecule has 0 spiro atoms. The summed E-state index contributed by atoms with van der Waals surface area (Å²) in [6.07, 6.45) is 0.950. The number of hydrogen-bond acceptors (Lipinski definition) is 6. The zero-order valence-corrected chi connectivity index (χ0v) is 21.2. The van der Waals surface area contributed by atoms with Crippen LogP contribution >= 0.6 is 0 Å². The van der Waals surface area contributed by atoms with Crippen LogP contribution in [0.1, 0.15) is 23.0 Å². The highest BCUT2D eigenvalue weighted by atomic mass is 16.6. The highest BCUT2D eigenvalue weighted by Crippen LogP contribution is 2.36. The van der Waals surface area contributed by atoms with Crippen LogP contribution in [-0.2, 0) is 16.1 Å². The second-order valence-electron chi connectivity index (χ2n) is 8.68. The molecule has 0 fully saturated rings. The Morgan fingerprint density at radius 1 is 0.974 bits per heavy atom. The zero-order valence-electron chi connectivity index (χ0n) is 21.2. The van der Waals surface area contributed by atoms with E-state index in [-0.39, 0.29) is 18.9 Å². The fraction of sp³-hybridized carbons (Fsp3) is 0.200. The molecule has 0 aliphatic carbocycles. The van der Waals surface area contributed by atoms with E-state index >= 15 is 0 Å². The van der Waals surface area contributed by atoms with E-state index in [2.05, 4.69) is 5.32 Å². The molecule has 0 bridgehead atoms. The van der Waals surface area contributed by atoms with Gasteiger partial charge in [-0.3, -0.25) is 4.79 Å². The molecule has 0 saturated heterocycles. The highest BCUT2D eigenvalue weighted by molar-refractivity contribution is 6.06. The lowest BCUT2D eigenvalue weighted by molar-refractivity contribution is -0.125. The molecule has 4 aromatic rings. The average Bonchev–Trinajstić information content (AvgIpc) is 3.30. The first-order chi connectivity index (χ1) is 18.6. The topological polar surface area (TPSA) is 88.0 Å². The minimum absolute atomic E-state index is 0.0418. The summed E-state index contributed by atoms with van der Waals surface area (Å²) in [6, 6.07) is 24.4. The van der Waals surface area contributed by atoms with Crippen LogP contribution in [-0.4, -0.2) is 42.9 Å². The van der Waals surface area contributed by atoms with Crippen molar-refractivity contribution in [3.63, 3.8) is 0 Å². The van der Waals surface area contributed by atoms with Crippen LogP contribution in [0.2, 0.25) is 0 Å². The van der Waals surface area contributed by atoms with Gasteiger partial charge in [0.1, 0.15) is 12.4 Å². The van der Waals surface area contributed by atoms with Crippen LogP contribution < -0.4 is 19.5 Å². The maximum Gasteiger partial charge on any atom is 0.357 e. The molecule has 0 radical (unpaired) electrons. The van der Waals surface area contributed by atoms with Crippen molar-refractivity contribution >= 4 is 17.6 Å². The molecule has 1 N–H and O–H groups in total. The van der Waals surface area contributed by atoms with Crippen LogP contribution in [0, 0.1) is 0 Å². The van der Waals surface area contributed by atoms with E-state index in [4.69, 9.17) is 18.9 Å². The Bertz CT molecular complexity index is 1430. The Labute approximate surface area is 220 Å². The van der Waals surface area contributed by atoms with Gasteiger partial charge < -0.3 is 28.8 Å². The van der Waals surface area contributed by atoms with Gasteiger partial charge in [-0.25, -0.2) is 4.79 Å².